The minimum Gasteiger partial charge on any atom is -0.493 e. The van der Waals surface area contributed by atoms with Crippen LogP contribution in [-0.2, 0) is 11.3 Å². The van der Waals surface area contributed by atoms with E-state index in [0.717, 1.165) is 5.56 Å². The number of amides is 1. The van der Waals surface area contributed by atoms with Crippen molar-refractivity contribution >= 4 is 12.0 Å². The van der Waals surface area contributed by atoms with Crippen LogP contribution < -0.4 is 10.1 Å². The van der Waals surface area contributed by atoms with Crippen molar-refractivity contribution in [3.05, 3.63) is 71.3 Å². The highest BCUT2D eigenvalue weighted by Crippen LogP contribution is 2.21. The Kier molecular flexibility index (Phi) is 5.96. The van der Waals surface area contributed by atoms with Crippen molar-refractivity contribution in [2.45, 2.75) is 13.5 Å². The summed E-state index contributed by atoms with van der Waals surface area (Å²) in [6, 6.07) is 18.8. The minimum atomic E-state index is -0.400. The molecule has 4 nitrogen and oxygen atoms in total. The third-order valence-corrected chi connectivity index (χ3v) is 3.18. The lowest BCUT2D eigenvalue weighted by molar-refractivity contribution is -0.117. The number of carbonyl (C=O) groups is 1. The number of benzene rings is 2. The Bertz CT molecular complexity index is 731. The summed E-state index contributed by atoms with van der Waals surface area (Å²) in [5, 5.41) is 12.0. The van der Waals surface area contributed by atoms with E-state index in [1.807, 2.05) is 67.6 Å². The molecule has 23 heavy (non-hydrogen) atoms. The van der Waals surface area contributed by atoms with E-state index in [1.54, 1.807) is 6.08 Å². The Labute approximate surface area is 136 Å². The van der Waals surface area contributed by atoms with Gasteiger partial charge in [-0.2, -0.15) is 5.26 Å². The van der Waals surface area contributed by atoms with Crippen molar-refractivity contribution in [3.63, 3.8) is 0 Å². The van der Waals surface area contributed by atoms with Gasteiger partial charge in [0.25, 0.3) is 5.91 Å². The SMILES string of the molecule is CCOc1ccccc1/C=C(/C#N)C(=O)NCc1ccccc1. The number of carbonyl (C=O) groups excluding carboxylic acids is 1. The van der Waals surface area contributed by atoms with Crippen LogP contribution in [0.2, 0.25) is 0 Å². The van der Waals surface area contributed by atoms with E-state index in [0.29, 0.717) is 24.5 Å². The maximum absolute atomic E-state index is 12.2. The fraction of sp³-hybridized carbons (Fsp3) is 0.158. The summed E-state index contributed by atoms with van der Waals surface area (Å²) in [4.78, 5) is 12.2. The number of rotatable bonds is 6. The lowest BCUT2D eigenvalue weighted by Gasteiger charge is -2.08. The van der Waals surface area contributed by atoms with Gasteiger partial charge in [0.15, 0.2) is 0 Å². The number of nitrogens with one attached hydrogen (secondary N) is 1. The van der Waals surface area contributed by atoms with Crippen LogP contribution in [0.1, 0.15) is 18.1 Å². The highest BCUT2D eigenvalue weighted by molar-refractivity contribution is 6.01. The molecule has 0 unspecified atom stereocenters. The van der Waals surface area contributed by atoms with Crippen LogP contribution >= 0.6 is 0 Å². The average Bonchev–Trinajstić information content (AvgIpc) is 2.60. The van der Waals surface area contributed by atoms with Gasteiger partial charge >= 0.3 is 0 Å². The second kappa shape index (κ2) is 8.40. The summed E-state index contributed by atoms with van der Waals surface area (Å²) in [7, 11) is 0. The predicted octanol–water partition coefficient (Wildman–Crippen LogP) is 3.31. The van der Waals surface area contributed by atoms with Crippen molar-refractivity contribution < 1.29 is 9.53 Å². The van der Waals surface area contributed by atoms with E-state index in [1.165, 1.54) is 0 Å². The van der Waals surface area contributed by atoms with E-state index < -0.39 is 5.91 Å². The lowest BCUT2D eigenvalue weighted by atomic mass is 10.1. The second-order valence-corrected chi connectivity index (χ2v) is 4.81. The third kappa shape index (κ3) is 4.72. The molecule has 0 fully saturated rings. The minimum absolute atomic E-state index is 0.0492. The normalized spacial score (nSPS) is 10.7. The van der Waals surface area contributed by atoms with Crippen LogP contribution in [0.3, 0.4) is 0 Å². The molecule has 4 heteroatoms. The zero-order chi connectivity index (χ0) is 16.5. The van der Waals surface area contributed by atoms with Crippen molar-refractivity contribution in [1.82, 2.24) is 5.32 Å². The first kappa shape index (κ1) is 16.3. The molecule has 0 aromatic heterocycles. The van der Waals surface area contributed by atoms with Gasteiger partial charge in [-0.05, 0) is 24.6 Å². The number of ether oxygens (including phenoxy) is 1. The number of nitriles is 1. The maximum Gasteiger partial charge on any atom is 0.262 e. The van der Waals surface area contributed by atoms with Gasteiger partial charge in [-0.1, -0.05) is 48.5 Å². The molecule has 0 saturated carbocycles. The standard InChI is InChI=1S/C19H18N2O2/c1-2-23-18-11-7-6-10-16(18)12-17(13-20)19(22)21-14-15-8-4-3-5-9-15/h3-12H,2,14H2,1H3,(H,21,22)/b17-12-. The highest BCUT2D eigenvalue weighted by atomic mass is 16.5. The number of hydrogen-bond donors (Lipinski definition) is 1. The van der Waals surface area contributed by atoms with Crippen LogP contribution in [0.15, 0.2) is 60.2 Å². The molecule has 0 aliphatic rings. The Morgan fingerprint density at radius 3 is 2.57 bits per heavy atom. The molecule has 0 aliphatic heterocycles. The quantitative estimate of drug-likeness (QED) is 0.658. The molecule has 0 atom stereocenters. The molecule has 0 saturated heterocycles. The molecular formula is C19H18N2O2. The highest BCUT2D eigenvalue weighted by Gasteiger charge is 2.10. The molecule has 1 N–H and O–H groups in total. The van der Waals surface area contributed by atoms with E-state index in [9.17, 15) is 10.1 Å². The zero-order valence-electron chi connectivity index (χ0n) is 13.0. The van der Waals surface area contributed by atoms with Crippen LogP contribution in [0, 0.1) is 11.3 Å². The first-order valence-electron chi connectivity index (χ1n) is 7.40. The summed E-state index contributed by atoms with van der Waals surface area (Å²) in [6.45, 7) is 2.79. The zero-order valence-corrected chi connectivity index (χ0v) is 13.0. The summed E-state index contributed by atoms with van der Waals surface area (Å²) in [5.74, 6) is 0.251. The summed E-state index contributed by atoms with van der Waals surface area (Å²) < 4.78 is 5.51. The van der Waals surface area contributed by atoms with Crippen LogP contribution in [0.25, 0.3) is 6.08 Å². The van der Waals surface area contributed by atoms with Gasteiger partial charge < -0.3 is 10.1 Å². The Hall–Kier alpha value is -3.06. The molecular weight excluding hydrogens is 288 g/mol. The fourth-order valence-electron chi connectivity index (χ4n) is 2.06. The van der Waals surface area contributed by atoms with Gasteiger partial charge in [0, 0.05) is 12.1 Å². The van der Waals surface area contributed by atoms with Gasteiger partial charge in [0.2, 0.25) is 0 Å². The van der Waals surface area contributed by atoms with E-state index in [2.05, 4.69) is 5.32 Å². The Morgan fingerprint density at radius 1 is 1.17 bits per heavy atom. The first-order valence-corrected chi connectivity index (χ1v) is 7.40. The number of hydrogen-bond acceptors (Lipinski definition) is 3. The van der Waals surface area contributed by atoms with Crippen LogP contribution in [0.5, 0.6) is 5.75 Å². The second-order valence-electron chi connectivity index (χ2n) is 4.81. The molecule has 2 aromatic rings. The lowest BCUT2D eigenvalue weighted by Crippen LogP contribution is -2.23. The number of nitrogens with zero attached hydrogens (tertiary/aromatic N) is 1. The molecule has 0 heterocycles. The molecule has 2 aromatic carbocycles. The Morgan fingerprint density at radius 2 is 1.87 bits per heavy atom. The first-order chi connectivity index (χ1) is 11.2. The van der Waals surface area contributed by atoms with E-state index in [4.69, 9.17) is 4.74 Å². The summed E-state index contributed by atoms with van der Waals surface area (Å²) in [6.07, 6.45) is 1.55. The summed E-state index contributed by atoms with van der Waals surface area (Å²) >= 11 is 0. The van der Waals surface area contributed by atoms with Gasteiger partial charge in [0.1, 0.15) is 17.4 Å². The van der Waals surface area contributed by atoms with Crippen molar-refractivity contribution in [3.8, 4) is 11.8 Å². The Balaban J connectivity index is 2.12. The van der Waals surface area contributed by atoms with Crippen LogP contribution in [-0.4, -0.2) is 12.5 Å². The molecule has 0 bridgehead atoms. The third-order valence-electron chi connectivity index (χ3n) is 3.18. The molecule has 0 spiro atoms. The van der Waals surface area contributed by atoms with Crippen molar-refractivity contribution in [2.24, 2.45) is 0 Å². The van der Waals surface area contributed by atoms with Crippen molar-refractivity contribution in [2.75, 3.05) is 6.61 Å². The molecule has 0 radical (unpaired) electrons. The molecule has 2 rings (SSSR count). The number of para-hydroxylation sites is 1. The molecule has 116 valence electrons. The van der Waals surface area contributed by atoms with Crippen molar-refractivity contribution in [1.29, 1.82) is 5.26 Å². The smallest absolute Gasteiger partial charge is 0.262 e. The van der Waals surface area contributed by atoms with E-state index >= 15 is 0 Å². The largest absolute Gasteiger partial charge is 0.493 e. The average molecular weight is 306 g/mol. The van der Waals surface area contributed by atoms with Gasteiger partial charge in [-0.15, -0.1) is 0 Å². The molecule has 1 amide bonds. The summed E-state index contributed by atoms with van der Waals surface area (Å²) in [5.41, 5.74) is 1.74. The molecule has 0 aliphatic carbocycles. The van der Waals surface area contributed by atoms with Gasteiger partial charge in [0.05, 0.1) is 6.61 Å². The monoisotopic (exact) mass is 306 g/mol. The fourth-order valence-corrected chi connectivity index (χ4v) is 2.06. The predicted molar refractivity (Wildman–Crippen MR) is 89.5 cm³/mol. The maximum atomic E-state index is 12.2. The van der Waals surface area contributed by atoms with Gasteiger partial charge in [-0.25, -0.2) is 0 Å². The van der Waals surface area contributed by atoms with E-state index in [-0.39, 0.29) is 5.57 Å². The topological polar surface area (TPSA) is 62.1 Å². The van der Waals surface area contributed by atoms with Crippen LogP contribution in [0.4, 0.5) is 0 Å². The van der Waals surface area contributed by atoms with Gasteiger partial charge in [-0.3, -0.25) is 4.79 Å².